The number of carbonyl (C=O) groups is 1. The number of aliphatic hydroxyl groups is 2. The fourth-order valence-electron chi connectivity index (χ4n) is 6.87. The molecule has 180 valence electrons. The zero-order chi connectivity index (χ0) is 23.2. The van der Waals surface area contributed by atoms with E-state index in [1.54, 1.807) is 22.7 Å². The smallest absolute Gasteiger partial charge is 0.220 e. The van der Waals surface area contributed by atoms with Crippen LogP contribution in [0, 0.1) is 16.7 Å². The number of hydrogen-bond donors (Lipinski definition) is 3. The normalized spacial score (nSPS) is 34.5. The molecule has 5 atom stereocenters. The maximum absolute atomic E-state index is 13.3. The van der Waals surface area contributed by atoms with E-state index in [-0.39, 0.29) is 29.8 Å². The van der Waals surface area contributed by atoms with Gasteiger partial charge in [-0.15, -0.1) is 11.3 Å². The Balaban J connectivity index is 1.51. The molecule has 2 saturated carbocycles. The third kappa shape index (κ3) is 4.09. The number of aliphatic hydroxyl groups excluding tert-OH is 2. The van der Waals surface area contributed by atoms with Crippen molar-refractivity contribution in [3.05, 3.63) is 27.4 Å². The second-order valence-corrected chi connectivity index (χ2v) is 12.8. The Labute approximate surface area is 204 Å². The average Bonchev–Trinajstić information content (AvgIpc) is 3.48. The third-order valence-corrected chi connectivity index (χ3v) is 10.8. The van der Waals surface area contributed by atoms with Crippen LogP contribution in [-0.2, 0) is 11.2 Å². The van der Waals surface area contributed by atoms with Gasteiger partial charge < -0.3 is 15.5 Å². The van der Waals surface area contributed by atoms with Crippen molar-refractivity contribution in [1.82, 2.24) is 10.3 Å². The standard InChI is InChI=1S/C26H36N2O3S2/c1-25-10-8-21(30)26(2,15-29)20(25)13-19-23(28-24(33-19)16-9-11-32-14-16)18(25)12-22(31)27-17-6-4-3-5-7-17/h9,11,14,17-18,20-21,29-30H,3-8,10,12-13,15H2,1-2H3,(H,27,31). The van der Waals surface area contributed by atoms with Crippen LogP contribution >= 0.6 is 22.7 Å². The number of nitrogens with one attached hydrogen (secondary N) is 1. The van der Waals surface area contributed by atoms with Crippen molar-refractivity contribution < 1.29 is 15.0 Å². The van der Waals surface area contributed by atoms with E-state index in [4.69, 9.17) is 4.98 Å². The van der Waals surface area contributed by atoms with Gasteiger partial charge >= 0.3 is 0 Å². The van der Waals surface area contributed by atoms with Crippen molar-refractivity contribution in [1.29, 1.82) is 0 Å². The fraction of sp³-hybridized carbons (Fsp3) is 0.692. The van der Waals surface area contributed by atoms with Gasteiger partial charge in [-0.2, -0.15) is 11.3 Å². The fourth-order valence-corrected chi connectivity index (χ4v) is 8.75. The van der Waals surface area contributed by atoms with Gasteiger partial charge in [-0.05, 0) is 54.9 Å². The number of amides is 1. The second kappa shape index (κ2) is 9.06. The van der Waals surface area contributed by atoms with Gasteiger partial charge in [0.2, 0.25) is 5.91 Å². The van der Waals surface area contributed by atoms with Gasteiger partial charge in [0.25, 0.3) is 0 Å². The average molecular weight is 489 g/mol. The molecule has 5 nitrogen and oxygen atoms in total. The van der Waals surface area contributed by atoms with Crippen molar-refractivity contribution in [3.8, 4) is 10.6 Å². The van der Waals surface area contributed by atoms with Crippen LogP contribution in [0.25, 0.3) is 10.6 Å². The van der Waals surface area contributed by atoms with Crippen LogP contribution in [0.4, 0.5) is 0 Å². The molecule has 3 N–H and O–H groups in total. The summed E-state index contributed by atoms with van der Waals surface area (Å²) in [7, 11) is 0. The molecule has 3 aliphatic rings. The summed E-state index contributed by atoms with van der Waals surface area (Å²) in [5.74, 6) is 0.230. The van der Waals surface area contributed by atoms with Crippen LogP contribution in [0.3, 0.4) is 0 Å². The monoisotopic (exact) mass is 488 g/mol. The van der Waals surface area contributed by atoms with Gasteiger partial charge in [0, 0.05) is 39.6 Å². The van der Waals surface area contributed by atoms with Crippen molar-refractivity contribution in [3.63, 3.8) is 0 Å². The minimum absolute atomic E-state index is 0.00292. The van der Waals surface area contributed by atoms with Crippen molar-refractivity contribution in [2.45, 2.75) is 89.7 Å². The molecular weight excluding hydrogens is 452 g/mol. The molecule has 0 saturated heterocycles. The van der Waals surface area contributed by atoms with E-state index in [1.807, 2.05) is 6.92 Å². The molecule has 5 rings (SSSR count). The molecule has 2 aromatic heterocycles. The highest BCUT2D eigenvalue weighted by molar-refractivity contribution is 7.15. The zero-order valence-electron chi connectivity index (χ0n) is 19.7. The van der Waals surface area contributed by atoms with Crippen molar-refractivity contribution >= 4 is 28.6 Å². The summed E-state index contributed by atoms with van der Waals surface area (Å²) >= 11 is 3.40. The summed E-state index contributed by atoms with van der Waals surface area (Å²) in [5, 5.41) is 29.9. The Hall–Kier alpha value is -1.28. The van der Waals surface area contributed by atoms with E-state index >= 15 is 0 Å². The molecule has 0 spiro atoms. The largest absolute Gasteiger partial charge is 0.396 e. The molecule has 5 unspecified atom stereocenters. The topological polar surface area (TPSA) is 82.5 Å². The molecule has 0 aliphatic heterocycles. The minimum Gasteiger partial charge on any atom is -0.396 e. The molecule has 0 bridgehead atoms. The number of nitrogens with zero attached hydrogens (tertiary/aromatic N) is 1. The molecule has 2 fully saturated rings. The second-order valence-electron chi connectivity index (χ2n) is 11.0. The summed E-state index contributed by atoms with van der Waals surface area (Å²) < 4.78 is 0. The van der Waals surface area contributed by atoms with Crippen LogP contribution in [0.5, 0.6) is 0 Å². The number of thiophene rings is 1. The van der Waals surface area contributed by atoms with Crippen LogP contribution in [0.15, 0.2) is 16.8 Å². The lowest BCUT2D eigenvalue weighted by Crippen LogP contribution is -2.57. The first-order chi connectivity index (χ1) is 15.8. The van der Waals surface area contributed by atoms with Crippen molar-refractivity contribution in [2.75, 3.05) is 6.61 Å². The molecule has 3 aliphatic carbocycles. The summed E-state index contributed by atoms with van der Waals surface area (Å²) in [4.78, 5) is 19.7. The first kappa shape index (κ1) is 23.5. The lowest BCUT2D eigenvalue weighted by atomic mass is 9.47. The quantitative estimate of drug-likeness (QED) is 0.545. The van der Waals surface area contributed by atoms with E-state index in [0.717, 1.165) is 41.9 Å². The summed E-state index contributed by atoms with van der Waals surface area (Å²) in [6, 6.07) is 2.40. The van der Waals surface area contributed by atoms with Crippen molar-refractivity contribution in [2.24, 2.45) is 16.7 Å². The Morgan fingerprint density at radius 2 is 2.03 bits per heavy atom. The Morgan fingerprint density at radius 1 is 1.24 bits per heavy atom. The highest BCUT2D eigenvalue weighted by Crippen LogP contribution is 2.63. The SMILES string of the molecule is CC1(CO)C(O)CCC2(C)C(CC(=O)NC3CCCCC3)c3nc(-c4ccsc4)sc3CC12. The van der Waals surface area contributed by atoms with Crippen LogP contribution in [0.1, 0.15) is 81.7 Å². The molecule has 0 aromatic carbocycles. The van der Waals surface area contributed by atoms with Crippen LogP contribution in [-0.4, -0.2) is 39.9 Å². The molecule has 7 heteroatoms. The van der Waals surface area contributed by atoms with Gasteiger partial charge in [-0.3, -0.25) is 4.79 Å². The number of rotatable bonds is 5. The van der Waals surface area contributed by atoms with Gasteiger partial charge in [0.05, 0.1) is 18.4 Å². The van der Waals surface area contributed by atoms with E-state index < -0.39 is 11.5 Å². The van der Waals surface area contributed by atoms with E-state index in [9.17, 15) is 15.0 Å². The summed E-state index contributed by atoms with van der Waals surface area (Å²) in [5.41, 5.74) is 1.46. The van der Waals surface area contributed by atoms with E-state index in [1.165, 1.54) is 24.1 Å². The first-order valence-electron chi connectivity index (χ1n) is 12.5. The molecule has 0 radical (unpaired) electrons. The number of aromatic nitrogens is 1. The van der Waals surface area contributed by atoms with E-state index in [2.05, 4.69) is 29.1 Å². The highest BCUT2D eigenvalue weighted by atomic mass is 32.1. The lowest BCUT2D eigenvalue weighted by Gasteiger charge is -2.58. The van der Waals surface area contributed by atoms with Gasteiger partial charge in [-0.1, -0.05) is 33.1 Å². The molecule has 1 amide bonds. The molecule has 2 aromatic rings. The Kier molecular flexibility index (Phi) is 6.44. The number of fused-ring (bicyclic) bond motifs is 2. The lowest BCUT2D eigenvalue weighted by molar-refractivity contribution is -0.144. The number of hydrogen-bond acceptors (Lipinski definition) is 6. The Bertz CT molecular complexity index is 984. The van der Waals surface area contributed by atoms with Crippen LogP contribution < -0.4 is 5.32 Å². The first-order valence-corrected chi connectivity index (χ1v) is 14.2. The van der Waals surface area contributed by atoms with Gasteiger partial charge in [0.15, 0.2) is 0 Å². The number of thiazole rings is 1. The Morgan fingerprint density at radius 3 is 2.73 bits per heavy atom. The third-order valence-electron chi connectivity index (χ3n) is 9.02. The van der Waals surface area contributed by atoms with E-state index in [0.29, 0.717) is 18.9 Å². The number of carbonyl (C=O) groups excluding carboxylic acids is 1. The predicted octanol–water partition coefficient (Wildman–Crippen LogP) is 5.13. The van der Waals surface area contributed by atoms with Crippen LogP contribution in [0.2, 0.25) is 0 Å². The van der Waals surface area contributed by atoms with Gasteiger partial charge in [0.1, 0.15) is 5.01 Å². The van der Waals surface area contributed by atoms with Gasteiger partial charge in [-0.25, -0.2) is 4.98 Å². The molecule has 33 heavy (non-hydrogen) atoms. The zero-order valence-corrected chi connectivity index (χ0v) is 21.3. The predicted molar refractivity (Wildman–Crippen MR) is 134 cm³/mol. The molecular formula is C26H36N2O3S2. The highest BCUT2D eigenvalue weighted by Gasteiger charge is 2.59. The summed E-state index contributed by atoms with van der Waals surface area (Å²) in [6.45, 7) is 4.27. The minimum atomic E-state index is -0.574. The maximum Gasteiger partial charge on any atom is 0.220 e. The summed E-state index contributed by atoms with van der Waals surface area (Å²) in [6.07, 6.45) is 8.03. The molecule has 2 heterocycles. The maximum atomic E-state index is 13.3.